The zero-order chi connectivity index (χ0) is 19.8. The summed E-state index contributed by atoms with van der Waals surface area (Å²) in [7, 11) is 1.65. The predicted octanol–water partition coefficient (Wildman–Crippen LogP) is 2.40. The van der Waals surface area contributed by atoms with E-state index in [1.54, 1.807) is 37.4 Å². The zero-order valence-electron chi connectivity index (χ0n) is 15.7. The summed E-state index contributed by atoms with van der Waals surface area (Å²) in [4.78, 5) is 38.2. The normalized spacial score (nSPS) is 12.6. The number of nitrogens with zero attached hydrogens (tertiary/aromatic N) is 1. The minimum absolute atomic E-state index is 0.311. The molecule has 2 amide bonds. The van der Waals surface area contributed by atoms with E-state index in [1.807, 2.05) is 30.3 Å². The molecule has 2 aromatic carbocycles. The van der Waals surface area contributed by atoms with Crippen molar-refractivity contribution >= 4 is 17.8 Å². The summed E-state index contributed by atoms with van der Waals surface area (Å²) < 4.78 is 5.22. The van der Waals surface area contributed by atoms with Crippen LogP contribution in [0.5, 0.6) is 0 Å². The van der Waals surface area contributed by atoms with Gasteiger partial charge in [-0.25, -0.2) is 4.79 Å². The third-order valence-electron chi connectivity index (χ3n) is 4.02. The van der Waals surface area contributed by atoms with Crippen LogP contribution in [0.25, 0.3) is 0 Å². The standard InChI is InChI=1S/C21H24N2O4/c1-15(22-19(24)18-12-8-5-9-13-18)21(26)27-16(2)20(25)23(3)14-17-10-6-4-7-11-17/h4-13,15-16H,14H2,1-3H3,(H,22,24)/t15-,16?/m0/s1. The number of hydrogen-bond acceptors (Lipinski definition) is 4. The molecule has 6 nitrogen and oxygen atoms in total. The molecule has 27 heavy (non-hydrogen) atoms. The van der Waals surface area contributed by atoms with Crippen molar-refractivity contribution in [3.05, 3.63) is 71.8 Å². The van der Waals surface area contributed by atoms with Crippen molar-refractivity contribution in [3.63, 3.8) is 0 Å². The number of carbonyl (C=O) groups is 3. The summed E-state index contributed by atoms with van der Waals surface area (Å²) in [5.41, 5.74) is 1.43. The van der Waals surface area contributed by atoms with Crippen LogP contribution in [0.1, 0.15) is 29.8 Å². The van der Waals surface area contributed by atoms with E-state index in [9.17, 15) is 14.4 Å². The van der Waals surface area contributed by atoms with Gasteiger partial charge in [-0.05, 0) is 31.5 Å². The minimum Gasteiger partial charge on any atom is -0.451 e. The second-order valence-electron chi connectivity index (χ2n) is 6.32. The first-order valence-corrected chi connectivity index (χ1v) is 8.73. The van der Waals surface area contributed by atoms with Crippen molar-refractivity contribution in [3.8, 4) is 0 Å². The van der Waals surface area contributed by atoms with Crippen LogP contribution in [0.4, 0.5) is 0 Å². The Balaban J connectivity index is 1.86. The number of benzene rings is 2. The van der Waals surface area contributed by atoms with Gasteiger partial charge in [0, 0.05) is 19.2 Å². The van der Waals surface area contributed by atoms with Gasteiger partial charge >= 0.3 is 5.97 Å². The van der Waals surface area contributed by atoms with Crippen LogP contribution in [0.3, 0.4) is 0 Å². The van der Waals surface area contributed by atoms with Gasteiger partial charge in [-0.2, -0.15) is 0 Å². The van der Waals surface area contributed by atoms with E-state index in [1.165, 1.54) is 18.7 Å². The highest BCUT2D eigenvalue weighted by Crippen LogP contribution is 2.07. The summed E-state index contributed by atoms with van der Waals surface area (Å²) in [5.74, 6) is -1.35. The van der Waals surface area contributed by atoms with Gasteiger partial charge in [0.2, 0.25) is 0 Å². The van der Waals surface area contributed by atoms with Crippen LogP contribution in [-0.4, -0.2) is 41.9 Å². The van der Waals surface area contributed by atoms with Crippen LogP contribution >= 0.6 is 0 Å². The second-order valence-corrected chi connectivity index (χ2v) is 6.32. The number of rotatable bonds is 7. The molecular weight excluding hydrogens is 344 g/mol. The summed E-state index contributed by atoms with van der Waals surface area (Å²) in [6.07, 6.45) is -0.942. The quantitative estimate of drug-likeness (QED) is 0.762. The molecule has 1 N–H and O–H groups in total. The molecule has 2 aromatic rings. The number of carbonyl (C=O) groups excluding carboxylic acids is 3. The number of nitrogens with one attached hydrogen (secondary N) is 1. The van der Waals surface area contributed by atoms with Gasteiger partial charge in [0.15, 0.2) is 6.10 Å². The van der Waals surface area contributed by atoms with Crippen LogP contribution in [-0.2, 0) is 20.9 Å². The van der Waals surface area contributed by atoms with Gasteiger partial charge in [0.1, 0.15) is 6.04 Å². The van der Waals surface area contributed by atoms with E-state index in [0.717, 1.165) is 5.56 Å². The molecule has 0 saturated carbocycles. The molecule has 0 aliphatic carbocycles. The Bertz CT molecular complexity index is 777. The third-order valence-corrected chi connectivity index (χ3v) is 4.02. The molecule has 0 saturated heterocycles. The van der Waals surface area contributed by atoms with Crippen LogP contribution in [0.2, 0.25) is 0 Å². The molecule has 6 heteroatoms. The number of likely N-dealkylation sites (N-methyl/N-ethyl adjacent to an activating group) is 1. The van der Waals surface area contributed by atoms with Crippen molar-refractivity contribution in [2.24, 2.45) is 0 Å². The minimum atomic E-state index is -0.942. The second kappa shape index (κ2) is 9.52. The molecule has 2 atom stereocenters. The van der Waals surface area contributed by atoms with Crippen molar-refractivity contribution < 1.29 is 19.1 Å². The Labute approximate surface area is 159 Å². The summed E-state index contributed by atoms with van der Waals surface area (Å²) >= 11 is 0. The number of amides is 2. The third kappa shape index (κ3) is 5.95. The van der Waals surface area contributed by atoms with E-state index in [-0.39, 0.29) is 11.8 Å². The van der Waals surface area contributed by atoms with Crippen LogP contribution in [0.15, 0.2) is 60.7 Å². The predicted molar refractivity (Wildman–Crippen MR) is 102 cm³/mol. The number of ether oxygens (including phenoxy) is 1. The lowest BCUT2D eigenvalue weighted by molar-refractivity contribution is -0.159. The largest absolute Gasteiger partial charge is 0.451 e. The zero-order valence-corrected chi connectivity index (χ0v) is 15.7. The Morgan fingerprint density at radius 3 is 2.11 bits per heavy atom. The Morgan fingerprint density at radius 2 is 1.52 bits per heavy atom. The molecular formula is C21H24N2O4. The summed E-state index contributed by atoms with van der Waals surface area (Å²) in [5, 5.41) is 2.57. The summed E-state index contributed by atoms with van der Waals surface area (Å²) in [6, 6.07) is 17.2. The van der Waals surface area contributed by atoms with Gasteiger partial charge in [-0.1, -0.05) is 48.5 Å². The van der Waals surface area contributed by atoms with Gasteiger partial charge in [-0.3, -0.25) is 9.59 Å². The van der Waals surface area contributed by atoms with E-state index < -0.39 is 18.1 Å². The van der Waals surface area contributed by atoms with Gasteiger partial charge in [0.25, 0.3) is 11.8 Å². The Kier molecular flexibility index (Phi) is 7.11. The first-order valence-electron chi connectivity index (χ1n) is 8.73. The topological polar surface area (TPSA) is 75.7 Å². The highest BCUT2D eigenvalue weighted by atomic mass is 16.5. The van der Waals surface area contributed by atoms with E-state index in [2.05, 4.69) is 5.32 Å². The van der Waals surface area contributed by atoms with E-state index in [0.29, 0.717) is 12.1 Å². The average molecular weight is 368 g/mol. The number of esters is 1. The smallest absolute Gasteiger partial charge is 0.329 e. The fourth-order valence-electron chi connectivity index (χ4n) is 2.50. The SMILES string of the molecule is CC(OC(=O)[C@H](C)NC(=O)c1ccccc1)C(=O)N(C)Cc1ccccc1. The number of hydrogen-bond donors (Lipinski definition) is 1. The van der Waals surface area contributed by atoms with Gasteiger partial charge in [-0.15, -0.1) is 0 Å². The molecule has 0 aromatic heterocycles. The van der Waals surface area contributed by atoms with E-state index in [4.69, 9.17) is 4.74 Å². The van der Waals surface area contributed by atoms with Crippen molar-refractivity contribution in [1.29, 1.82) is 0 Å². The van der Waals surface area contributed by atoms with Gasteiger partial charge in [0.05, 0.1) is 0 Å². The van der Waals surface area contributed by atoms with Crippen molar-refractivity contribution in [2.75, 3.05) is 7.05 Å². The molecule has 0 aliphatic rings. The van der Waals surface area contributed by atoms with Crippen LogP contribution in [0, 0.1) is 0 Å². The van der Waals surface area contributed by atoms with Crippen LogP contribution < -0.4 is 5.32 Å². The van der Waals surface area contributed by atoms with Crippen molar-refractivity contribution in [1.82, 2.24) is 10.2 Å². The maximum absolute atomic E-state index is 12.4. The molecule has 2 rings (SSSR count). The molecule has 1 unspecified atom stereocenters. The van der Waals surface area contributed by atoms with Gasteiger partial charge < -0.3 is 15.0 Å². The fourth-order valence-corrected chi connectivity index (χ4v) is 2.50. The summed E-state index contributed by atoms with van der Waals surface area (Å²) in [6.45, 7) is 3.46. The van der Waals surface area contributed by atoms with Crippen molar-refractivity contribution in [2.45, 2.75) is 32.5 Å². The molecule has 0 aliphatic heterocycles. The molecule has 0 spiro atoms. The maximum Gasteiger partial charge on any atom is 0.329 e. The first kappa shape index (κ1) is 20.2. The average Bonchev–Trinajstić information content (AvgIpc) is 2.68. The Morgan fingerprint density at radius 1 is 0.963 bits per heavy atom. The molecule has 0 fully saturated rings. The molecule has 0 radical (unpaired) electrons. The molecule has 0 heterocycles. The van der Waals surface area contributed by atoms with E-state index >= 15 is 0 Å². The maximum atomic E-state index is 12.4. The monoisotopic (exact) mass is 368 g/mol. The highest BCUT2D eigenvalue weighted by Gasteiger charge is 2.25. The lowest BCUT2D eigenvalue weighted by Crippen LogP contribution is -2.43. The highest BCUT2D eigenvalue weighted by molar-refractivity contribution is 5.96. The Hall–Kier alpha value is -3.15. The lowest BCUT2D eigenvalue weighted by atomic mass is 10.2. The first-order chi connectivity index (χ1) is 12.9. The lowest BCUT2D eigenvalue weighted by Gasteiger charge is -2.23. The molecule has 0 bridgehead atoms. The molecule has 142 valence electrons. The fraction of sp³-hybridized carbons (Fsp3) is 0.286.